The van der Waals surface area contributed by atoms with Gasteiger partial charge in [0.1, 0.15) is 0 Å². The van der Waals surface area contributed by atoms with E-state index in [4.69, 9.17) is 0 Å². The molecule has 0 radical (unpaired) electrons. The standard InChI is InChI=1S/C11H22O/c1-5-6-9-10(12)7-8(2)11(9,3)4/h8-10,12H,5-7H2,1-4H3. The Hall–Kier alpha value is -0.0400. The zero-order chi connectivity index (χ0) is 9.35. The fourth-order valence-corrected chi connectivity index (χ4v) is 2.57. The molecular weight excluding hydrogens is 148 g/mol. The highest BCUT2D eigenvalue weighted by Gasteiger charge is 2.45. The number of hydrogen-bond acceptors (Lipinski definition) is 1. The summed E-state index contributed by atoms with van der Waals surface area (Å²) in [5.74, 6) is 1.20. The molecule has 0 aliphatic heterocycles. The van der Waals surface area contributed by atoms with Crippen molar-refractivity contribution in [3.05, 3.63) is 0 Å². The lowest BCUT2D eigenvalue weighted by Crippen LogP contribution is -2.27. The molecule has 0 bridgehead atoms. The van der Waals surface area contributed by atoms with Gasteiger partial charge in [-0.3, -0.25) is 0 Å². The molecule has 1 saturated carbocycles. The van der Waals surface area contributed by atoms with Crippen LogP contribution in [-0.4, -0.2) is 11.2 Å². The fraction of sp³-hybridized carbons (Fsp3) is 1.00. The van der Waals surface area contributed by atoms with E-state index in [2.05, 4.69) is 27.7 Å². The van der Waals surface area contributed by atoms with Crippen LogP contribution in [0.1, 0.15) is 47.0 Å². The lowest BCUT2D eigenvalue weighted by atomic mass is 9.74. The molecule has 0 spiro atoms. The maximum atomic E-state index is 9.83. The summed E-state index contributed by atoms with van der Waals surface area (Å²) in [4.78, 5) is 0. The molecule has 72 valence electrons. The maximum Gasteiger partial charge on any atom is 0.0576 e. The SMILES string of the molecule is CCCC1C(O)CC(C)C1(C)C. The summed E-state index contributed by atoms with van der Waals surface area (Å²) >= 11 is 0. The Morgan fingerprint density at radius 3 is 2.33 bits per heavy atom. The van der Waals surface area contributed by atoms with E-state index < -0.39 is 0 Å². The van der Waals surface area contributed by atoms with Gasteiger partial charge in [0.25, 0.3) is 0 Å². The van der Waals surface area contributed by atoms with E-state index in [9.17, 15) is 5.11 Å². The summed E-state index contributed by atoms with van der Waals surface area (Å²) in [7, 11) is 0. The highest BCUT2D eigenvalue weighted by atomic mass is 16.3. The quantitative estimate of drug-likeness (QED) is 0.675. The summed E-state index contributed by atoms with van der Waals surface area (Å²) in [6.07, 6.45) is 3.32. The molecule has 12 heavy (non-hydrogen) atoms. The number of aliphatic hydroxyl groups excluding tert-OH is 1. The van der Waals surface area contributed by atoms with Crippen LogP contribution in [-0.2, 0) is 0 Å². The van der Waals surface area contributed by atoms with Crippen molar-refractivity contribution in [2.45, 2.75) is 53.1 Å². The fourth-order valence-electron chi connectivity index (χ4n) is 2.57. The first-order chi connectivity index (χ1) is 5.50. The molecule has 3 atom stereocenters. The van der Waals surface area contributed by atoms with Gasteiger partial charge in [0.05, 0.1) is 6.10 Å². The van der Waals surface area contributed by atoms with Crippen LogP contribution in [0.25, 0.3) is 0 Å². The van der Waals surface area contributed by atoms with E-state index in [0.717, 1.165) is 6.42 Å². The normalized spacial score (nSPS) is 40.2. The molecule has 0 aromatic heterocycles. The van der Waals surface area contributed by atoms with E-state index in [0.29, 0.717) is 17.3 Å². The second-order valence-electron chi connectivity index (χ2n) is 4.92. The Morgan fingerprint density at radius 1 is 1.42 bits per heavy atom. The van der Waals surface area contributed by atoms with Crippen molar-refractivity contribution in [3.8, 4) is 0 Å². The minimum Gasteiger partial charge on any atom is -0.393 e. The van der Waals surface area contributed by atoms with Crippen LogP contribution < -0.4 is 0 Å². The molecule has 1 nitrogen and oxygen atoms in total. The van der Waals surface area contributed by atoms with Gasteiger partial charge in [0.15, 0.2) is 0 Å². The molecule has 1 fully saturated rings. The number of aliphatic hydroxyl groups is 1. The van der Waals surface area contributed by atoms with Crippen LogP contribution in [0.3, 0.4) is 0 Å². The van der Waals surface area contributed by atoms with E-state index in [1.807, 2.05) is 0 Å². The van der Waals surface area contributed by atoms with Crippen LogP contribution in [0.5, 0.6) is 0 Å². The lowest BCUT2D eigenvalue weighted by Gasteiger charge is -2.31. The van der Waals surface area contributed by atoms with Gasteiger partial charge < -0.3 is 5.11 Å². The first-order valence-corrected chi connectivity index (χ1v) is 5.18. The molecule has 0 heterocycles. The minimum atomic E-state index is -0.0463. The summed E-state index contributed by atoms with van der Waals surface area (Å²) in [6.45, 7) is 9.06. The van der Waals surface area contributed by atoms with Crippen LogP contribution in [0.15, 0.2) is 0 Å². The van der Waals surface area contributed by atoms with Gasteiger partial charge in [0.2, 0.25) is 0 Å². The predicted octanol–water partition coefficient (Wildman–Crippen LogP) is 2.83. The molecule has 0 saturated heterocycles. The summed E-state index contributed by atoms with van der Waals surface area (Å²) < 4.78 is 0. The van der Waals surface area contributed by atoms with Crippen LogP contribution in [0.4, 0.5) is 0 Å². The molecular formula is C11H22O. The smallest absolute Gasteiger partial charge is 0.0576 e. The van der Waals surface area contributed by atoms with Crippen molar-refractivity contribution in [2.75, 3.05) is 0 Å². The van der Waals surface area contributed by atoms with E-state index >= 15 is 0 Å². The Morgan fingerprint density at radius 2 is 2.00 bits per heavy atom. The number of hydrogen-bond donors (Lipinski definition) is 1. The summed E-state index contributed by atoms with van der Waals surface area (Å²) in [5.41, 5.74) is 0.343. The zero-order valence-corrected chi connectivity index (χ0v) is 8.80. The third-order valence-electron chi connectivity index (χ3n) is 3.88. The highest BCUT2D eigenvalue weighted by molar-refractivity contribution is 4.94. The summed E-state index contributed by atoms with van der Waals surface area (Å²) in [6, 6.07) is 0. The Bertz CT molecular complexity index is 151. The first kappa shape index (κ1) is 10.0. The first-order valence-electron chi connectivity index (χ1n) is 5.18. The van der Waals surface area contributed by atoms with Crippen molar-refractivity contribution < 1.29 is 5.11 Å². The second kappa shape index (κ2) is 3.37. The van der Waals surface area contributed by atoms with Gasteiger partial charge in [-0.25, -0.2) is 0 Å². The molecule has 1 aliphatic rings. The summed E-state index contributed by atoms with van der Waals surface area (Å²) in [5, 5.41) is 9.83. The van der Waals surface area contributed by atoms with Crippen molar-refractivity contribution in [3.63, 3.8) is 0 Å². The van der Waals surface area contributed by atoms with Gasteiger partial charge in [-0.2, -0.15) is 0 Å². The Balaban J connectivity index is 2.69. The van der Waals surface area contributed by atoms with Gasteiger partial charge in [-0.1, -0.05) is 34.1 Å². The van der Waals surface area contributed by atoms with Crippen LogP contribution in [0.2, 0.25) is 0 Å². The molecule has 0 amide bonds. The largest absolute Gasteiger partial charge is 0.393 e. The van der Waals surface area contributed by atoms with Crippen molar-refractivity contribution in [2.24, 2.45) is 17.3 Å². The van der Waals surface area contributed by atoms with E-state index in [1.165, 1.54) is 12.8 Å². The Labute approximate surface area is 76.2 Å². The maximum absolute atomic E-state index is 9.83. The molecule has 0 aromatic carbocycles. The molecule has 3 unspecified atom stereocenters. The second-order valence-corrected chi connectivity index (χ2v) is 4.92. The molecule has 1 heteroatoms. The third-order valence-corrected chi connectivity index (χ3v) is 3.88. The average Bonchev–Trinajstić information content (AvgIpc) is 2.14. The van der Waals surface area contributed by atoms with Crippen molar-refractivity contribution in [1.82, 2.24) is 0 Å². The monoisotopic (exact) mass is 170 g/mol. The minimum absolute atomic E-state index is 0.0463. The van der Waals surface area contributed by atoms with Gasteiger partial charge >= 0.3 is 0 Å². The van der Waals surface area contributed by atoms with Crippen molar-refractivity contribution >= 4 is 0 Å². The van der Waals surface area contributed by atoms with Crippen molar-refractivity contribution in [1.29, 1.82) is 0 Å². The molecule has 1 rings (SSSR count). The predicted molar refractivity (Wildman–Crippen MR) is 52.0 cm³/mol. The van der Waals surface area contributed by atoms with Crippen LogP contribution >= 0.6 is 0 Å². The topological polar surface area (TPSA) is 20.2 Å². The number of rotatable bonds is 2. The third kappa shape index (κ3) is 1.52. The molecule has 1 aliphatic carbocycles. The average molecular weight is 170 g/mol. The van der Waals surface area contributed by atoms with Crippen LogP contribution in [0, 0.1) is 17.3 Å². The van der Waals surface area contributed by atoms with E-state index in [-0.39, 0.29) is 6.10 Å². The molecule has 0 aromatic rings. The Kier molecular flexibility index (Phi) is 2.82. The van der Waals surface area contributed by atoms with Gasteiger partial charge in [-0.15, -0.1) is 0 Å². The van der Waals surface area contributed by atoms with E-state index in [1.54, 1.807) is 0 Å². The van der Waals surface area contributed by atoms with Gasteiger partial charge in [-0.05, 0) is 30.1 Å². The lowest BCUT2D eigenvalue weighted by molar-refractivity contribution is 0.0823. The zero-order valence-electron chi connectivity index (χ0n) is 8.80. The van der Waals surface area contributed by atoms with Gasteiger partial charge in [0, 0.05) is 0 Å². The highest BCUT2D eigenvalue weighted by Crippen LogP contribution is 2.48. The molecule has 1 N–H and O–H groups in total.